The molecule has 5 N–H and O–H groups in total. The smallest absolute Gasteiger partial charge is 0.202 e. The predicted molar refractivity (Wildman–Crippen MR) is 135 cm³/mol. The second kappa shape index (κ2) is 7.69. The third kappa shape index (κ3) is 2.88. The average molecular weight is 508 g/mol. The van der Waals surface area contributed by atoms with Gasteiger partial charge in [0.25, 0.3) is 0 Å². The largest absolute Gasteiger partial charge is 0.507 e. The van der Waals surface area contributed by atoms with Crippen molar-refractivity contribution in [2.45, 2.75) is 19.8 Å². The number of ketones is 3. The van der Waals surface area contributed by atoms with Gasteiger partial charge in [-0.2, -0.15) is 0 Å². The molecule has 188 valence electrons. The van der Waals surface area contributed by atoms with Gasteiger partial charge in [-0.3, -0.25) is 14.4 Å². The van der Waals surface area contributed by atoms with Gasteiger partial charge in [0.15, 0.2) is 5.78 Å². The molecule has 1 atom stereocenters. The van der Waals surface area contributed by atoms with Crippen LogP contribution in [0.5, 0.6) is 28.7 Å². The monoisotopic (exact) mass is 508 g/mol. The summed E-state index contributed by atoms with van der Waals surface area (Å²) in [7, 11) is 0. The lowest BCUT2D eigenvalue weighted by Crippen LogP contribution is -2.24. The summed E-state index contributed by atoms with van der Waals surface area (Å²) >= 11 is 0. The maximum atomic E-state index is 13.6. The van der Waals surface area contributed by atoms with Gasteiger partial charge in [-0.05, 0) is 60.4 Å². The van der Waals surface area contributed by atoms with Crippen molar-refractivity contribution in [2.75, 3.05) is 0 Å². The molecule has 2 aliphatic carbocycles. The van der Waals surface area contributed by atoms with E-state index in [9.17, 15) is 39.9 Å². The highest BCUT2D eigenvalue weighted by Crippen LogP contribution is 2.50. The number of fused-ring (bicyclic) bond motifs is 4. The molecule has 0 amide bonds. The van der Waals surface area contributed by atoms with Gasteiger partial charge in [-0.25, -0.2) is 0 Å². The van der Waals surface area contributed by atoms with E-state index in [0.29, 0.717) is 16.7 Å². The second-order valence-electron chi connectivity index (χ2n) is 9.65. The van der Waals surface area contributed by atoms with Gasteiger partial charge in [0.1, 0.15) is 28.7 Å². The zero-order chi connectivity index (χ0) is 27.2. The van der Waals surface area contributed by atoms with Gasteiger partial charge in [0.05, 0.1) is 27.8 Å². The molecule has 0 aromatic heterocycles. The van der Waals surface area contributed by atoms with E-state index in [1.54, 1.807) is 25.1 Å². The lowest BCUT2D eigenvalue weighted by molar-refractivity contribution is 0.0971. The van der Waals surface area contributed by atoms with Crippen LogP contribution in [0.2, 0.25) is 0 Å². The summed E-state index contributed by atoms with van der Waals surface area (Å²) in [6, 6.07) is 11.5. The Labute approximate surface area is 215 Å². The first-order valence-corrected chi connectivity index (χ1v) is 11.7. The van der Waals surface area contributed by atoms with Crippen LogP contribution < -0.4 is 0 Å². The van der Waals surface area contributed by atoms with Crippen LogP contribution in [0.15, 0.2) is 48.5 Å². The normalized spacial score (nSPS) is 15.5. The quantitative estimate of drug-likeness (QED) is 0.206. The summed E-state index contributed by atoms with van der Waals surface area (Å²) in [5.74, 6) is -5.16. The number of rotatable bonds is 1. The minimum atomic E-state index is -0.898. The maximum Gasteiger partial charge on any atom is 0.202 e. The van der Waals surface area contributed by atoms with Crippen molar-refractivity contribution in [3.63, 3.8) is 0 Å². The van der Waals surface area contributed by atoms with Gasteiger partial charge >= 0.3 is 0 Å². The van der Waals surface area contributed by atoms with E-state index in [-0.39, 0.29) is 50.4 Å². The van der Waals surface area contributed by atoms with Crippen LogP contribution in [-0.4, -0.2) is 42.9 Å². The third-order valence-electron chi connectivity index (χ3n) is 7.36. The summed E-state index contributed by atoms with van der Waals surface area (Å²) in [4.78, 5) is 40.3. The van der Waals surface area contributed by atoms with Crippen molar-refractivity contribution in [3.8, 4) is 28.7 Å². The number of aromatic hydroxyl groups is 5. The summed E-state index contributed by atoms with van der Waals surface area (Å²) < 4.78 is 0. The highest BCUT2D eigenvalue weighted by Gasteiger charge is 2.41. The Hall–Kier alpha value is -5.11. The van der Waals surface area contributed by atoms with E-state index >= 15 is 0 Å². The minimum absolute atomic E-state index is 0.0440. The van der Waals surface area contributed by atoms with Crippen LogP contribution in [0.1, 0.15) is 81.5 Å². The zero-order valence-electron chi connectivity index (χ0n) is 20.2. The molecule has 0 radical (unpaired) electrons. The van der Waals surface area contributed by atoms with Crippen molar-refractivity contribution in [3.05, 3.63) is 110 Å². The van der Waals surface area contributed by atoms with Crippen molar-refractivity contribution in [1.82, 2.24) is 0 Å². The summed E-state index contributed by atoms with van der Waals surface area (Å²) in [6.07, 6.45) is 0. The van der Waals surface area contributed by atoms with E-state index in [1.165, 1.54) is 37.3 Å². The lowest BCUT2D eigenvalue weighted by atomic mass is 9.71. The molecule has 8 heteroatoms. The molecule has 0 saturated heterocycles. The van der Waals surface area contributed by atoms with Crippen LogP contribution in [0.25, 0.3) is 0 Å². The molecule has 0 heterocycles. The number of carbonyl (C=O) groups excluding carboxylic acids is 3. The molecule has 4 aromatic rings. The van der Waals surface area contributed by atoms with Crippen molar-refractivity contribution < 1.29 is 39.9 Å². The van der Waals surface area contributed by atoms with Crippen molar-refractivity contribution >= 4 is 17.3 Å². The fourth-order valence-electron chi connectivity index (χ4n) is 5.70. The predicted octanol–water partition coefficient (Wildman–Crippen LogP) is 4.33. The molecular formula is C30H20O8. The molecule has 8 nitrogen and oxygen atoms in total. The van der Waals surface area contributed by atoms with E-state index in [4.69, 9.17) is 0 Å². The second-order valence-corrected chi connectivity index (χ2v) is 9.65. The maximum absolute atomic E-state index is 13.6. The number of hydrogen-bond donors (Lipinski definition) is 5. The Morgan fingerprint density at radius 3 is 1.95 bits per heavy atom. The Kier molecular flexibility index (Phi) is 4.72. The molecule has 0 saturated carbocycles. The third-order valence-corrected chi connectivity index (χ3v) is 7.36. The van der Waals surface area contributed by atoms with E-state index < -0.39 is 46.1 Å². The van der Waals surface area contributed by atoms with Crippen LogP contribution in [-0.2, 0) is 0 Å². The standard InChI is InChI=1S/C30H20O8/c1-11-8-16-20(13-4-3-5-17(31)21(13)29(37)22(16)18(32)9-11)14-6-7-15-23(27(14)35)30(38)24-19(33)10-12(2)26(34)25(24)28(15)36/h3-10,20,31-35H,1-2H3. The SMILES string of the molecule is Cc1cc(O)c2c(c1)C(c1ccc3c(c1O)C(=O)c1c(O)cc(C)c(O)c1C3=O)c1cccc(O)c1C2=O. The number of aryl methyl sites for hydroxylation is 2. The molecule has 1 unspecified atom stereocenters. The first-order chi connectivity index (χ1) is 18.0. The summed E-state index contributed by atoms with van der Waals surface area (Å²) in [5, 5.41) is 53.8. The molecule has 38 heavy (non-hydrogen) atoms. The number of phenolic OH excluding ortho intramolecular Hbond substituents is 5. The van der Waals surface area contributed by atoms with Gasteiger partial charge in [-0.1, -0.05) is 24.3 Å². The Morgan fingerprint density at radius 2 is 1.21 bits per heavy atom. The van der Waals surface area contributed by atoms with Gasteiger partial charge < -0.3 is 25.5 Å². The zero-order valence-corrected chi connectivity index (χ0v) is 20.2. The van der Waals surface area contributed by atoms with Crippen LogP contribution in [0.3, 0.4) is 0 Å². The molecule has 4 aromatic carbocycles. The fourth-order valence-corrected chi connectivity index (χ4v) is 5.70. The first kappa shape index (κ1) is 23.3. The summed E-state index contributed by atoms with van der Waals surface area (Å²) in [5.41, 5.74) is 0.341. The average Bonchev–Trinajstić information content (AvgIpc) is 2.85. The summed E-state index contributed by atoms with van der Waals surface area (Å²) in [6.45, 7) is 3.21. The number of phenols is 5. The molecule has 2 aliphatic rings. The molecule has 0 aliphatic heterocycles. The van der Waals surface area contributed by atoms with Crippen molar-refractivity contribution in [1.29, 1.82) is 0 Å². The molecule has 6 rings (SSSR count). The van der Waals surface area contributed by atoms with Gasteiger partial charge in [-0.15, -0.1) is 0 Å². The number of benzene rings is 4. The van der Waals surface area contributed by atoms with Crippen LogP contribution in [0.4, 0.5) is 0 Å². The minimum Gasteiger partial charge on any atom is -0.507 e. The topological polar surface area (TPSA) is 152 Å². The highest BCUT2D eigenvalue weighted by atomic mass is 16.3. The Bertz CT molecular complexity index is 1800. The molecule has 0 bridgehead atoms. The first-order valence-electron chi connectivity index (χ1n) is 11.7. The fraction of sp³-hybridized carbons (Fsp3) is 0.100. The Morgan fingerprint density at radius 1 is 0.553 bits per heavy atom. The van der Waals surface area contributed by atoms with E-state index in [1.807, 2.05) is 0 Å². The lowest BCUT2D eigenvalue weighted by Gasteiger charge is -2.31. The Balaban J connectivity index is 1.66. The number of hydrogen-bond acceptors (Lipinski definition) is 8. The van der Waals surface area contributed by atoms with Crippen molar-refractivity contribution in [2.24, 2.45) is 0 Å². The van der Waals surface area contributed by atoms with Gasteiger partial charge in [0, 0.05) is 17.0 Å². The molecular weight excluding hydrogens is 488 g/mol. The van der Waals surface area contributed by atoms with E-state index in [2.05, 4.69) is 0 Å². The van der Waals surface area contributed by atoms with E-state index in [0.717, 1.165) is 0 Å². The van der Waals surface area contributed by atoms with Gasteiger partial charge in [0.2, 0.25) is 11.6 Å². The molecule has 0 spiro atoms. The molecule has 0 fully saturated rings. The van der Waals surface area contributed by atoms with Crippen LogP contribution in [0, 0.1) is 13.8 Å². The highest BCUT2D eigenvalue weighted by molar-refractivity contribution is 6.31. The number of carbonyl (C=O) groups is 3. The van der Waals surface area contributed by atoms with Crippen LogP contribution >= 0.6 is 0 Å².